The molecule has 0 unspecified atom stereocenters. The Labute approximate surface area is 135 Å². The van der Waals surface area contributed by atoms with Gasteiger partial charge in [-0.2, -0.15) is 11.3 Å². The van der Waals surface area contributed by atoms with Crippen molar-refractivity contribution in [3.8, 4) is 0 Å². The zero-order valence-electron chi connectivity index (χ0n) is 13.2. The molecule has 1 heterocycles. The second-order valence-electron chi connectivity index (χ2n) is 6.00. The van der Waals surface area contributed by atoms with Crippen LogP contribution in [0.25, 0.3) is 0 Å². The summed E-state index contributed by atoms with van der Waals surface area (Å²) < 4.78 is 5.25. The molecule has 0 saturated carbocycles. The maximum atomic E-state index is 11.7. The third-order valence-corrected chi connectivity index (χ3v) is 3.63. The number of ether oxygens (including phenoxy) is 1. The van der Waals surface area contributed by atoms with E-state index >= 15 is 0 Å². The van der Waals surface area contributed by atoms with Crippen molar-refractivity contribution in [1.82, 2.24) is 5.32 Å². The van der Waals surface area contributed by atoms with Crippen LogP contribution < -0.4 is 10.6 Å². The van der Waals surface area contributed by atoms with E-state index in [1.807, 2.05) is 45.0 Å². The highest BCUT2D eigenvalue weighted by molar-refractivity contribution is 7.07. The summed E-state index contributed by atoms with van der Waals surface area (Å²) >= 11 is 1.68. The molecule has 4 nitrogen and oxygen atoms in total. The number of rotatable bonds is 5. The lowest BCUT2D eigenvalue weighted by molar-refractivity contribution is 0.0523. The molecule has 22 heavy (non-hydrogen) atoms. The number of thiophene rings is 1. The third kappa shape index (κ3) is 5.41. The molecular formula is C17H22N2O2S. The van der Waals surface area contributed by atoms with Gasteiger partial charge in [0.25, 0.3) is 0 Å². The van der Waals surface area contributed by atoms with E-state index in [1.165, 1.54) is 5.56 Å². The lowest BCUT2D eigenvalue weighted by Crippen LogP contribution is -2.32. The van der Waals surface area contributed by atoms with E-state index in [4.69, 9.17) is 4.74 Å². The van der Waals surface area contributed by atoms with E-state index in [1.54, 1.807) is 11.3 Å². The van der Waals surface area contributed by atoms with E-state index in [0.717, 1.165) is 17.8 Å². The van der Waals surface area contributed by atoms with E-state index in [2.05, 4.69) is 27.5 Å². The zero-order valence-corrected chi connectivity index (χ0v) is 14.0. The van der Waals surface area contributed by atoms with Crippen LogP contribution in [0.5, 0.6) is 0 Å². The van der Waals surface area contributed by atoms with Crippen molar-refractivity contribution < 1.29 is 9.53 Å². The second kappa shape index (κ2) is 7.31. The average molecular weight is 318 g/mol. The molecule has 1 amide bonds. The van der Waals surface area contributed by atoms with E-state index in [-0.39, 0.29) is 0 Å². The minimum atomic E-state index is -0.485. The lowest BCUT2D eigenvalue weighted by Gasteiger charge is -2.20. The van der Waals surface area contributed by atoms with E-state index in [9.17, 15) is 4.79 Å². The average Bonchev–Trinajstić information content (AvgIpc) is 2.95. The van der Waals surface area contributed by atoms with Crippen LogP contribution in [0.15, 0.2) is 41.1 Å². The number of alkyl carbamates (subject to hydrolysis) is 1. The van der Waals surface area contributed by atoms with Crippen LogP contribution in [0.1, 0.15) is 31.9 Å². The Morgan fingerprint density at radius 3 is 2.64 bits per heavy atom. The van der Waals surface area contributed by atoms with Crippen molar-refractivity contribution in [2.75, 3.05) is 5.32 Å². The number of benzene rings is 1. The number of para-hydroxylation sites is 1. The molecule has 0 aliphatic heterocycles. The SMILES string of the molecule is CC(C)(C)OC(=O)NCc1ccccc1NCc1ccsc1. The normalized spacial score (nSPS) is 11.0. The van der Waals surface area contributed by atoms with Crippen LogP contribution >= 0.6 is 11.3 Å². The molecule has 0 aliphatic carbocycles. The van der Waals surface area contributed by atoms with Gasteiger partial charge in [-0.25, -0.2) is 4.79 Å². The Bertz CT molecular complexity index is 603. The van der Waals surface area contributed by atoms with Gasteiger partial charge in [0.2, 0.25) is 0 Å². The summed E-state index contributed by atoms with van der Waals surface area (Å²) in [7, 11) is 0. The highest BCUT2D eigenvalue weighted by atomic mass is 32.1. The fourth-order valence-electron chi connectivity index (χ4n) is 1.92. The summed E-state index contributed by atoms with van der Waals surface area (Å²) in [5.74, 6) is 0. The molecule has 1 aromatic heterocycles. The summed E-state index contributed by atoms with van der Waals surface area (Å²) in [4.78, 5) is 11.7. The maximum Gasteiger partial charge on any atom is 0.407 e. The largest absolute Gasteiger partial charge is 0.444 e. The minimum Gasteiger partial charge on any atom is -0.444 e. The lowest BCUT2D eigenvalue weighted by atomic mass is 10.1. The second-order valence-corrected chi connectivity index (χ2v) is 6.78. The smallest absolute Gasteiger partial charge is 0.407 e. The molecule has 1 aromatic carbocycles. The summed E-state index contributed by atoms with van der Waals surface area (Å²) in [6.45, 7) is 6.75. The van der Waals surface area contributed by atoms with Gasteiger partial charge in [0.1, 0.15) is 5.60 Å². The van der Waals surface area contributed by atoms with Crippen LogP contribution in [-0.4, -0.2) is 11.7 Å². The summed E-state index contributed by atoms with van der Waals surface area (Å²) in [5.41, 5.74) is 2.81. The van der Waals surface area contributed by atoms with Crippen LogP contribution in [0.2, 0.25) is 0 Å². The van der Waals surface area contributed by atoms with E-state index < -0.39 is 11.7 Å². The molecule has 0 radical (unpaired) electrons. The fourth-order valence-corrected chi connectivity index (χ4v) is 2.59. The van der Waals surface area contributed by atoms with Crippen molar-refractivity contribution in [1.29, 1.82) is 0 Å². The highest BCUT2D eigenvalue weighted by Gasteiger charge is 2.16. The van der Waals surface area contributed by atoms with Gasteiger partial charge in [0.05, 0.1) is 0 Å². The van der Waals surface area contributed by atoms with Gasteiger partial charge in [-0.05, 0) is 54.8 Å². The van der Waals surface area contributed by atoms with Crippen LogP contribution in [-0.2, 0) is 17.8 Å². The van der Waals surface area contributed by atoms with Gasteiger partial charge >= 0.3 is 6.09 Å². The van der Waals surface area contributed by atoms with Gasteiger partial charge in [0.15, 0.2) is 0 Å². The van der Waals surface area contributed by atoms with Gasteiger partial charge in [-0.15, -0.1) is 0 Å². The Kier molecular flexibility index (Phi) is 5.44. The first-order valence-corrected chi connectivity index (χ1v) is 8.18. The first-order valence-electron chi connectivity index (χ1n) is 7.24. The molecule has 5 heteroatoms. The quantitative estimate of drug-likeness (QED) is 0.860. The number of nitrogens with one attached hydrogen (secondary N) is 2. The van der Waals surface area contributed by atoms with Crippen LogP contribution in [0.4, 0.5) is 10.5 Å². The molecule has 0 bridgehead atoms. The molecule has 0 atom stereocenters. The van der Waals surface area contributed by atoms with Gasteiger partial charge in [-0.3, -0.25) is 0 Å². The zero-order chi connectivity index (χ0) is 16.0. The van der Waals surface area contributed by atoms with Crippen molar-refractivity contribution in [2.45, 2.75) is 39.5 Å². The van der Waals surface area contributed by atoms with E-state index in [0.29, 0.717) is 6.54 Å². The Morgan fingerprint density at radius 2 is 1.95 bits per heavy atom. The topological polar surface area (TPSA) is 50.4 Å². The molecule has 2 aromatic rings. The standard InChI is InChI=1S/C17H22N2O2S/c1-17(2,3)21-16(20)19-11-14-6-4-5-7-15(14)18-10-13-8-9-22-12-13/h4-9,12,18H,10-11H2,1-3H3,(H,19,20). The van der Waals surface area contributed by atoms with Crippen molar-refractivity contribution in [3.63, 3.8) is 0 Å². The first kappa shape index (κ1) is 16.4. The molecule has 0 saturated heterocycles. The van der Waals surface area contributed by atoms with Gasteiger partial charge in [-0.1, -0.05) is 18.2 Å². The monoisotopic (exact) mass is 318 g/mol. The Hall–Kier alpha value is -2.01. The third-order valence-electron chi connectivity index (χ3n) is 2.90. The number of carbonyl (C=O) groups is 1. The Morgan fingerprint density at radius 1 is 1.18 bits per heavy atom. The first-order chi connectivity index (χ1) is 10.4. The van der Waals surface area contributed by atoms with Crippen LogP contribution in [0, 0.1) is 0 Å². The molecular weight excluding hydrogens is 296 g/mol. The fraction of sp³-hybridized carbons (Fsp3) is 0.353. The summed E-state index contributed by atoms with van der Waals surface area (Å²) in [5, 5.41) is 10.4. The predicted octanol–water partition coefficient (Wildman–Crippen LogP) is 4.38. The van der Waals surface area contributed by atoms with Gasteiger partial charge in [0, 0.05) is 18.8 Å². The molecule has 2 rings (SSSR count). The minimum absolute atomic E-state index is 0.403. The molecule has 0 aliphatic rings. The summed E-state index contributed by atoms with van der Waals surface area (Å²) in [6, 6.07) is 10.0. The number of amides is 1. The maximum absolute atomic E-state index is 11.7. The van der Waals surface area contributed by atoms with Crippen molar-refractivity contribution in [2.24, 2.45) is 0 Å². The number of carbonyl (C=O) groups excluding carboxylic acids is 1. The molecule has 0 fully saturated rings. The van der Waals surface area contributed by atoms with Crippen molar-refractivity contribution in [3.05, 3.63) is 52.2 Å². The molecule has 2 N–H and O–H groups in total. The van der Waals surface area contributed by atoms with Gasteiger partial charge < -0.3 is 15.4 Å². The molecule has 118 valence electrons. The molecule has 0 spiro atoms. The highest BCUT2D eigenvalue weighted by Crippen LogP contribution is 2.17. The number of hydrogen-bond acceptors (Lipinski definition) is 4. The Balaban J connectivity index is 1.92. The summed E-state index contributed by atoms with van der Waals surface area (Å²) in [6.07, 6.45) is -0.403. The number of anilines is 1. The predicted molar refractivity (Wildman–Crippen MR) is 91.2 cm³/mol. The van der Waals surface area contributed by atoms with Crippen LogP contribution in [0.3, 0.4) is 0 Å². The number of hydrogen-bond donors (Lipinski definition) is 2. The van der Waals surface area contributed by atoms with Crippen molar-refractivity contribution >= 4 is 23.1 Å².